The van der Waals surface area contributed by atoms with Crippen LogP contribution in [-0.2, 0) is 112 Å². The van der Waals surface area contributed by atoms with E-state index in [-0.39, 0.29) is 107 Å². The van der Waals surface area contributed by atoms with Crippen molar-refractivity contribution < 1.29 is 102 Å². The number of primary amides is 1. The highest BCUT2D eigenvalue weighted by Crippen LogP contribution is 2.40. The van der Waals surface area contributed by atoms with E-state index in [1.54, 1.807) is 36.7 Å². The second kappa shape index (κ2) is 50.5. The normalized spacial score (nSPS) is 25.4. The number of aromatic hydroxyl groups is 1. The molecule has 4 aliphatic rings. The number of Topliss-reactive ketones (excluding diaryl/α,β-unsaturated/α-hetero) is 1. The van der Waals surface area contributed by atoms with E-state index in [1.807, 2.05) is 38.1 Å². The molecule has 1 saturated carbocycles. The maximum atomic E-state index is 16.0. The van der Waals surface area contributed by atoms with Crippen molar-refractivity contribution in [2.24, 2.45) is 29.2 Å². The minimum Gasteiger partial charge on any atom is -0.508 e. The molecule has 6 aromatic rings. The van der Waals surface area contributed by atoms with E-state index in [0.717, 1.165) is 53.7 Å². The molecule has 137 heavy (non-hydrogen) atoms. The third-order valence-electron chi connectivity index (χ3n) is 26.3. The number of rotatable bonds is 25. The molecule has 42 heteroatoms. The van der Waals surface area contributed by atoms with E-state index >= 15 is 38.4 Å². The molecule has 6 heterocycles. The van der Waals surface area contributed by atoms with Crippen molar-refractivity contribution in [2.45, 2.75) is 254 Å². The molecule has 15 amide bonds. The largest absolute Gasteiger partial charge is 0.508 e. The number of hydrogen-bond acceptors (Lipinski definition) is 22. The Kier molecular flexibility index (Phi) is 39.0. The van der Waals surface area contributed by atoms with Gasteiger partial charge in [0.2, 0.25) is 88.6 Å². The number of aromatic nitrogens is 4. The summed E-state index contributed by atoms with van der Waals surface area (Å²) in [5.41, 5.74) is 14.9. The number of likely N-dealkylation sites (N-methyl/N-ethyl adjacent to an activating group) is 3. The fourth-order valence-electron chi connectivity index (χ4n) is 18.4. The number of carboxylic acid groups (broad SMARTS) is 2. The predicted molar refractivity (Wildman–Crippen MR) is 504 cm³/mol. The van der Waals surface area contributed by atoms with Crippen LogP contribution in [0.1, 0.15) is 172 Å². The van der Waals surface area contributed by atoms with Gasteiger partial charge in [-0.2, -0.15) is 0 Å². The van der Waals surface area contributed by atoms with Gasteiger partial charge in [-0.25, -0.2) is 4.98 Å². The Balaban J connectivity index is 1.03. The van der Waals surface area contributed by atoms with Crippen molar-refractivity contribution in [2.75, 3.05) is 58.8 Å². The Labute approximate surface area is 797 Å². The Bertz CT molecular complexity index is 5290. The lowest BCUT2D eigenvalue weighted by atomic mass is 9.78. The zero-order valence-electron chi connectivity index (χ0n) is 78.4. The van der Waals surface area contributed by atoms with Crippen molar-refractivity contribution >= 4 is 140 Å². The number of carboxylic acids is 2. The zero-order valence-corrected chi connectivity index (χ0v) is 79.2. The number of fused-ring (bicyclic) bond motifs is 4. The highest BCUT2D eigenvalue weighted by atomic mass is 32.2. The van der Waals surface area contributed by atoms with Crippen LogP contribution in [0.25, 0.3) is 21.8 Å². The molecule has 1 aliphatic carbocycles. The van der Waals surface area contributed by atoms with Crippen molar-refractivity contribution in [1.29, 1.82) is 0 Å². The summed E-state index contributed by atoms with van der Waals surface area (Å²) in [4.78, 5) is 283. The lowest BCUT2D eigenvalue weighted by Crippen LogP contribution is -2.60. The Morgan fingerprint density at radius 3 is 1.75 bits per heavy atom. The first kappa shape index (κ1) is 106. The minimum absolute atomic E-state index is 0.00801. The lowest BCUT2D eigenvalue weighted by Gasteiger charge is -2.36. The number of phenolic OH excluding ortho intramolecular Hbond substituents is 1. The van der Waals surface area contributed by atoms with E-state index in [9.17, 15) is 63.3 Å². The van der Waals surface area contributed by atoms with Crippen LogP contribution in [0.15, 0.2) is 97.7 Å². The fraction of sp³-hybridized carbons (Fsp3) is 0.547. The first-order valence-electron chi connectivity index (χ1n) is 47.0. The number of para-hydroxylation sites is 2. The molecule has 41 nitrogen and oxygen atoms in total. The number of nitrogens with one attached hydrogen (secondary N) is 12. The molecule has 19 N–H and O–H groups in total. The number of nitrogens with two attached hydrogens (primary N) is 2. The summed E-state index contributed by atoms with van der Waals surface area (Å²) in [6.45, 7) is 5.17. The number of imidazole rings is 1. The number of ketones is 1. The van der Waals surface area contributed by atoms with Crippen LogP contribution in [0.5, 0.6) is 5.75 Å². The average Bonchev–Trinajstić information content (AvgIpc) is 1.66. The summed E-state index contributed by atoms with van der Waals surface area (Å²) in [7, 11) is 3.97. The second-order valence-electron chi connectivity index (χ2n) is 36.1. The number of carbonyl (C=O) groups excluding carboxylic acids is 16. The maximum Gasteiger partial charge on any atom is 0.305 e. The second-order valence-corrected chi connectivity index (χ2v) is 37.1. The van der Waals surface area contributed by atoms with Crippen LogP contribution in [0, 0.1) is 17.8 Å². The summed E-state index contributed by atoms with van der Waals surface area (Å²) >= 11 is 0.775. The van der Waals surface area contributed by atoms with Gasteiger partial charge in [-0.1, -0.05) is 120 Å². The highest BCUT2D eigenvalue weighted by molar-refractivity contribution is 8.00. The molecule has 0 unspecified atom stereocenters. The lowest BCUT2D eigenvalue weighted by molar-refractivity contribution is -0.149. The smallest absolute Gasteiger partial charge is 0.305 e. The molecular weight excluding hydrogens is 1790 g/mol. The predicted octanol–water partition coefficient (Wildman–Crippen LogP) is 1.53. The van der Waals surface area contributed by atoms with Crippen molar-refractivity contribution in [3.05, 3.63) is 120 Å². The number of hydrogen-bond donors (Lipinski definition) is 17. The summed E-state index contributed by atoms with van der Waals surface area (Å²) in [6.07, 6.45) is 8.24. The number of carbonyl (C=O) groups is 18. The van der Waals surface area contributed by atoms with Crippen LogP contribution < -0.4 is 59.3 Å². The summed E-state index contributed by atoms with van der Waals surface area (Å²) in [6, 6.07) is 0.254. The highest BCUT2D eigenvalue weighted by Gasteiger charge is 2.48. The number of nitrogens with zero attached hydrogens (tertiary/aromatic N) is 6. The maximum absolute atomic E-state index is 16.0. The van der Waals surface area contributed by atoms with E-state index in [4.69, 9.17) is 11.5 Å². The van der Waals surface area contributed by atoms with Crippen molar-refractivity contribution in [3.8, 4) is 5.75 Å². The first-order valence-corrected chi connectivity index (χ1v) is 48.1. The van der Waals surface area contributed by atoms with Gasteiger partial charge in [0.15, 0.2) is 5.78 Å². The molecule has 3 aromatic heterocycles. The Hall–Kier alpha value is -13.3. The molecule has 0 bridgehead atoms. The summed E-state index contributed by atoms with van der Waals surface area (Å²) in [5, 5.41) is 56.1. The van der Waals surface area contributed by atoms with Gasteiger partial charge in [-0.3, -0.25) is 86.3 Å². The Morgan fingerprint density at radius 1 is 0.533 bits per heavy atom. The number of benzene rings is 3. The minimum atomic E-state index is -1.92. The summed E-state index contributed by atoms with van der Waals surface area (Å²) in [5.74, 6) is -19.8. The standard InChI is InChI=1S/C95H130N20O21S/c1-8-10-26-74-89(130)103-53(3)83(124)110-73(86(127)101-48-79(97)118)50-137-51-80(119)104-70(38-55-29-31-62(116)32-30-55)91(132)111(5)54(4)84(125)108-72(44-82(122)123)94(135)114-37-19-28-75(114)90(131)107-69(43-61-47-98-52-102-61)88(129)106-68(33-34-81(120)121)93(134)115-49-60(56-20-13-12-14-21-56)41-77(115)78(117)42-57(39-58-45-99-65-24-17-15-22-63(58)65)85(126)105-67(35-36-96)87(128)109-71(40-59-46-100-66-25-18-16-23-64(59)66)92(133)113(7)76(27-11-9-2)95(136)112(74)6/h15-18,22-25,29-32,45-47,52-54,56-57,60,67-77,99-100,116H,8-14,19-21,26-28,33-44,48-51,96H2,1-7H3,(H2,97,118)(H,98,102)(H,101,127)(H,103,130)(H,104,119)(H,105,126)(H,106,129)(H,107,131)(H,108,125)(H,109,128)(H,110,124)(H,120,121)(H,122,123)/t53-,54-,57+,60+,67-,68-,69-,70-,71-,72-,73-,74-,75-,76-,77-/m0/s1. The van der Waals surface area contributed by atoms with Crippen molar-refractivity contribution in [1.82, 2.24) is 92.3 Å². The van der Waals surface area contributed by atoms with E-state index < -0.39 is 235 Å². The van der Waals surface area contributed by atoms with Gasteiger partial charge < -0.3 is 114 Å². The average molecular weight is 1920 g/mol. The molecule has 15 atom stereocenters. The van der Waals surface area contributed by atoms with E-state index in [2.05, 4.69) is 67.8 Å². The van der Waals surface area contributed by atoms with Gasteiger partial charge in [0.25, 0.3) is 0 Å². The van der Waals surface area contributed by atoms with Crippen molar-refractivity contribution in [3.63, 3.8) is 0 Å². The third-order valence-corrected chi connectivity index (χ3v) is 27.3. The Morgan fingerprint density at radius 2 is 1.12 bits per heavy atom. The zero-order chi connectivity index (χ0) is 99.4. The third kappa shape index (κ3) is 28.9. The van der Waals surface area contributed by atoms with Gasteiger partial charge >= 0.3 is 11.9 Å². The van der Waals surface area contributed by atoms with Crippen LogP contribution >= 0.6 is 11.8 Å². The fourth-order valence-corrected chi connectivity index (χ4v) is 19.3. The SMILES string of the molecule is CCCC[C@H]1C(=O)N(C)[C@@H](CCCC)C(=O)N[C@@H](C)C(=O)N[C@H](C(=O)NCC(N)=O)CSCC(=O)N[C@@H](Cc2ccc(O)cc2)C(=O)N(C)[C@@H](C)C(=O)N[C@@H](CC(=O)O)C(=O)N2CCC[C@H]2C(=O)N[C@@H](Cc2c[nH]cn2)C(=O)N[C@@H](CCC(=O)O)C(=O)N2C[C@H](C3CCCCC3)C[C@H]2C(=O)C[C@@H](Cc2c[nH]c3ccccc23)C(=O)N[C@@H](CCN)C(=O)N[C@@H](Cc2c[nH]c3ccccc23)C(=O)N1C. The molecule has 3 saturated heterocycles. The molecule has 10 rings (SSSR count). The topological polar surface area (TPSA) is 605 Å². The van der Waals surface area contributed by atoms with Gasteiger partial charge in [0, 0.05) is 118 Å². The van der Waals surface area contributed by atoms with E-state index in [1.165, 1.54) is 86.5 Å². The molecule has 0 spiro atoms. The quantitative estimate of drug-likeness (QED) is 0.0386. The number of unbranched alkanes of at least 4 members (excludes halogenated alkanes) is 2. The molecule has 3 aliphatic heterocycles. The molecule has 742 valence electrons. The molecule has 4 fully saturated rings. The van der Waals surface area contributed by atoms with E-state index in [0.29, 0.717) is 64.2 Å². The number of aromatic amines is 3. The van der Waals surface area contributed by atoms with Gasteiger partial charge in [0.05, 0.1) is 36.8 Å². The summed E-state index contributed by atoms with van der Waals surface area (Å²) < 4.78 is 0. The monoisotopic (exact) mass is 1920 g/mol. The molecule has 0 radical (unpaired) electrons. The van der Waals surface area contributed by atoms with Gasteiger partial charge in [-0.15, -0.1) is 11.8 Å². The van der Waals surface area contributed by atoms with Crippen LogP contribution in [-0.4, -0.2) is 303 Å². The van der Waals surface area contributed by atoms with Gasteiger partial charge in [0.1, 0.15) is 78.3 Å². The number of aliphatic carboxylic acids is 2. The van der Waals surface area contributed by atoms with Crippen LogP contribution in [0.3, 0.4) is 0 Å². The first-order chi connectivity index (χ1) is 65.5. The molecule has 3 aromatic carbocycles. The number of phenols is 1. The number of H-pyrrole nitrogens is 3. The number of amides is 15. The number of thioether (sulfide) groups is 1. The van der Waals surface area contributed by atoms with Gasteiger partial charge in [-0.05, 0) is 125 Å². The van der Waals surface area contributed by atoms with Crippen LogP contribution in [0.2, 0.25) is 0 Å². The molecular formula is C95H130N20O21S. The van der Waals surface area contributed by atoms with Crippen LogP contribution in [0.4, 0.5) is 0 Å².